The number of guanidine groups is 1. The fourth-order valence-corrected chi connectivity index (χ4v) is 4.78. The summed E-state index contributed by atoms with van der Waals surface area (Å²) in [6, 6.07) is 12.6. The molecule has 3 amide bonds. The monoisotopic (exact) mass is 606 g/mol. The van der Waals surface area contributed by atoms with Crippen LogP contribution in [0.2, 0.25) is 0 Å². The van der Waals surface area contributed by atoms with Crippen molar-refractivity contribution in [1.82, 2.24) is 20.9 Å². The number of H-pyrrole nitrogens is 1. The number of nitrogens with two attached hydrogens (primary N) is 3. The number of hydrogen-bond acceptors (Lipinski definition) is 6. The Morgan fingerprint density at radius 2 is 1.52 bits per heavy atom. The largest absolute Gasteiger partial charge is 0.480 e. The molecule has 4 unspecified atom stereocenters. The quantitative estimate of drug-likeness (QED) is 0.0649. The molecule has 236 valence electrons. The first-order valence-electron chi connectivity index (χ1n) is 14.5. The predicted octanol–water partition coefficient (Wildman–Crippen LogP) is 0.529. The number of aromatic amines is 1. The minimum absolute atomic E-state index is 0.0785. The number of carboxylic acid groups (broad SMARTS) is 1. The third-order valence-corrected chi connectivity index (χ3v) is 7.17. The number of benzene rings is 2. The molecule has 0 spiro atoms. The third-order valence-electron chi connectivity index (χ3n) is 7.17. The Hall–Kier alpha value is -4.91. The van der Waals surface area contributed by atoms with E-state index in [4.69, 9.17) is 17.2 Å². The maximum absolute atomic E-state index is 13.7. The first-order chi connectivity index (χ1) is 21.0. The van der Waals surface area contributed by atoms with E-state index in [1.807, 2.05) is 54.6 Å². The molecule has 4 atom stereocenters. The molecule has 0 saturated heterocycles. The van der Waals surface area contributed by atoms with E-state index in [1.54, 1.807) is 20.0 Å². The summed E-state index contributed by atoms with van der Waals surface area (Å²) in [6.07, 6.45) is 2.55. The Morgan fingerprint density at radius 1 is 0.864 bits per heavy atom. The van der Waals surface area contributed by atoms with Crippen molar-refractivity contribution < 1.29 is 24.3 Å². The van der Waals surface area contributed by atoms with Crippen molar-refractivity contribution in [3.63, 3.8) is 0 Å². The fraction of sp³-hybridized carbons (Fsp3) is 0.387. The number of aliphatic imine (C=N–C) groups is 1. The maximum atomic E-state index is 13.7. The van der Waals surface area contributed by atoms with Gasteiger partial charge < -0.3 is 43.2 Å². The van der Waals surface area contributed by atoms with Crippen molar-refractivity contribution in [3.8, 4) is 0 Å². The number of aromatic nitrogens is 1. The van der Waals surface area contributed by atoms with Gasteiger partial charge in [-0.3, -0.25) is 19.4 Å². The molecular weight excluding hydrogens is 564 g/mol. The van der Waals surface area contributed by atoms with Gasteiger partial charge in [0.15, 0.2) is 5.96 Å². The molecular formula is C31H42N8O5. The lowest BCUT2D eigenvalue weighted by Crippen LogP contribution is -2.59. The van der Waals surface area contributed by atoms with Gasteiger partial charge in [-0.2, -0.15) is 0 Å². The number of rotatable bonds is 16. The molecule has 3 rings (SSSR count). The minimum atomic E-state index is -1.23. The molecule has 3 aromatic rings. The van der Waals surface area contributed by atoms with Crippen molar-refractivity contribution in [1.29, 1.82) is 0 Å². The highest BCUT2D eigenvalue weighted by Crippen LogP contribution is 2.19. The van der Waals surface area contributed by atoms with E-state index in [0.717, 1.165) is 22.0 Å². The molecule has 1 heterocycles. The van der Waals surface area contributed by atoms with Crippen LogP contribution >= 0.6 is 0 Å². The summed E-state index contributed by atoms with van der Waals surface area (Å²) in [5, 5.41) is 18.6. The number of nitrogens with zero attached hydrogens (tertiary/aromatic N) is 1. The number of amides is 3. The number of para-hydroxylation sites is 1. The van der Waals surface area contributed by atoms with Gasteiger partial charge in [-0.15, -0.1) is 0 Å². The number of aliphatic carboxylic acids is 1. The van der Waals surface area contributed by atoms with Crippen LogP contribution in [0.5, 0.6) is 0 Å². The van der Waals surface area contributed by atoms with Gasteiger partial charge in [-0.05, 0) is 42.4 Å². The van der Waals surface area contributed by atoms with Gasteiger partial charge in [-0.1, -0.05) is 62.4 Å². The number of carboxylic acids is 1. The maximum Gasteiger partial charge on any atom is 0.326 e. The highest BCUT2D eigenvalue weighted by molar-refractivity contribution is 5.95. The average molecular weight is 607 g/mol. The number of nitrogens with one attached hydrogen (secondary N) is 4. The SMILES string of the molecule is CC(C)C(NC(=O)C(Cc1c[nH]c2ccccc12)NC(=O)C(N)Cc1ccccc1)C(=O)NC(CCCN=C(N)N)C(=O)O. The van der Waals surface area contributed by atoms with Crippen LogP contribution in [-0.2, 0) is 32.0 Å². The number of carbonyl (C=O) groups is 4. The van der Waals surface area contributed by atoms with E-state index in [-0.39, 0.29) is 31.8 Å². The van der Waals surface area contributed by atoms with Crippen LogP contribution in [0, 0.1) is 5.92 Å². The third kappa shape index (κ3) is 9.83. The molecule has 0 aliphatic carbocycles. The molecule has 13 heteroatoms. The smallest absolute Gasteiger partial charge is 0.326 e. The van der Waals surface area contributed by atoms with Gasteiger partial charge in [0.2, 0.25) is 17.7 Å². The molecule has 0 radical (unpaired) electrons. The number of fused-ring (bicyclic) bond motifs is 1. The zero-order valence-corrected chi connectivity index (χ0v) is 25.0. The Bertz CT molecular complexity index is 1450. The van der Waals surface area contributed by atoms with Crippen molar-refractivity contribution in [2.24, 2.45) is 28.1 Å². The first kappa shape index (κ1) is 33.6. The van der Waals surface area contributed by atoms with Crippen molar-refractivity contribution in [2.75, 3.05) is 6.54 Å². The van der Waals surface area contributed by atoms with E-state index < -0.39 is 53.8 Å². The lowest BCUT2D eigenvalue weighted by Gasteiger charge is -2.27. The second-order valence-corrected chi connectivity index (χ2v) is 11.0. The van der Waals surface area contributed by atoms with Crippen molar-refractivity contribution in [3.05, 3.63) is 71.9 Å². The summed E-state index contributed by atoms with van der Waals surface area (Å²) in [5.74, 6) is -3.54. The second-order valence-electron chi connectivity index (χ2n) is 11.0. The molecule has 1 aromatic heterocycles. The van der Waals surface area contributed by atoms with E-state index in [1.165, 1.54) is 0 Å². The van der Waals surface area contributed by atoms with E-state index in [2.05, 4.69) is 25.9 Å². The van der Waals surface area contributed by atoms with Gasteiger partial charge in [0.1, 0.15) is 18.1 Å². The highest BCUT2D eigenvalue weighted by Gasteiger charge is 2.32. The van der Waals surface area contributed by atoms with Crippen molar-refractivity contribution >= 4 is 40.6 Å². The van der Waals surface area contributed by atoms with E-state index in [9.17, 15) is 24.3 Å². The van der Waals surface area contributed by atoms with Gasteiger partial charge in [0.05, 0.1) is 6.04 Å². The number of carbonyl (C=O) groups excluding carboxylic acids is 3. The number of hydrogen-bond donors (Lipinski definition) is 8. The summed E-state index contributed by atoms with van der Waals surface area (Å²) >= 11 is 0. The topological polar surface area (TPSA) is 231 Å². The van der Waals surface area contributed by atoms with E-state index in [0.29, 0.717) is 6.42 Å². The van der Waals surface area contributed by atoms with Gasteiger partial charge >= 0.3 is 5.97 Å². The van der Waals surface area contributed by atoms with Crippen molar-refractivity contribution in [2.45, 2.75) is 63.7 Å². The molecule has 0 saturated carbocycles. The fourth-order valence-electron chi connectivity index (χ4n) is 4.78. The summed E-state index contributed by atoms with van der Waals surface area (Å²) in [4.78, 5) is 59.0. The Balaban J connectivity index is 1.77. The van der Waals surface area contributed by atoms with Crippen LogP contribution in [0.1, 0.15) is 37.8 Å². The van der Waals surface area contributed by atoms with Gasteiger partial charge in [-0.25, -0.2) is 4.79 Å². The normalized spacial score (nSPS) is 13.8. The summed E-state index contributed by atoms with van der Waals surface area (Å²) in [6.45, 7) is 3.65. The summed E-state index contributed by atoms with van der Waals surface area (Å²) in [5.41, 5.74) is 19.4. The first-order valence-corrected chi connectivity index (χ1v) is 14.5. The Kier molecular flexibility index (Phi) is 12.3. The van der Waals surface area contributed by atoms with Crippen LogP contribution in [0.25, 0.3) is 10.9 Å². The Morgan fingerprint density at radius 3 is 2.18 bits per heavy atom. The van der Waals surface area contributed by atoms with E-state index >= 15 is 0 Å². The highest BCUT2D eigenvalue weighted by atomic mass is 16.4. The van der Waals surface area contributed by atoms with Gasteiger partial charge in [0.25, 0.3) is 0 Å². The zero-order valence-electron chi connectivity index (χ0n) is 25.0. The van der Waals surface area contributed by atoms with Crippen LogP contribution in [-0.4, -0.2) is 70.5 Å². The molecule has 2 aromatic carbocycles. The predicted molar refractivity (Wildman–Crippen MR) is 168 cm³/mol. The minimum Gasteiger partial charge on any atom is -0.480 e. The summed E-state index contributed by atoms with van der Waals surface area (Å²) < 4.78 is 0. The van der Waals surface area contributed by atoms with Crippen LogP contribution in [0.3, 0.4) is 0 Å². The molecule has 0 aliphatic heterocycles. The van der Waals surface area contributed by atoms with Gasteiger partial charge in [0, 0.05) is 30.1 Å². The lowest BCUT2D eigenvalue weighted by atomic mass is 9.99. The molecule has 13 nitrogen and oxygen atoms in total. The molecule has 0 bridgehead atoms. The Labute approximate surface area is 256 Å². The zero-order chi connectivity index (χ0) is 32.2. The van der Waals surface area contributed by atoms with Crippen LogP contribution in [0.15, 0.2) is 65.8 Å². The standard InChI is InChI=1S/C31H42N8O5/c1-18(2)26(29(42)37-24(30(43)44)13-8-14-35-31(33)34)39-28(41)25(16-20-17-36-23-12-7-6-11-21(20)23)38-27(40)22(32)15-19-9-4-3-5-10-19/h3-7,9-12,17-18,22,24-26,36H,8,13-16,32H2,1-2H3,(H,37,42)(H,38,40)(H,39,41)(H,43,44)(H4,33,34,35). The molecule has 0 aliphatic rings. The van der Waals surface area contributed by atoms with Crippen LogP contribution < -0.4 is 33.2 Å². The molecule has 11 N–H and O–H groups in total. The van der Waals surface area contributed by atoms with Crippen LogP contribution in [0.4, 0.5) is 0 Å². The second kappa shape index (κ2) is 16.1. The average Bonchev–Trinajstić information content (AvgIpc) is 3.39. The summed E-state index contributed by atoms with van der Waals surface area (Å²) in [7, 11) is 0. The lowest BCUT2D eigenvalue weighted by molar-refractivity contribution is -0.142. The molecule has 44 heavy (non-hydrogen) atoms. The molecule has 0 fully saturated rings.